The van der Waals surface area contributed by atoms with Crippen molar-refractivity contribution in [3.63, 3.8) is 0 Å². The first-order valence-electron chi connectivity index (χ1n) is 5.26. The van der Waals surface area contributed by atoms with Crippen molar-refractivity contribution >= 4 is 0 Å². The molecule has 0 saturated heterocycles. The molecule has 0 spiro atoms. The lowest BCUT2D eigenvalue weighted by atomic mass is 9.95. The van der Waals surface area contributed by atoms with Crippen molar-refractivity contribution in [2.75, 3.05) is 0 Å². The molecule has 0 unspecified atom stereocenters. The van der Waals surface area contributed by atoms with Gasteiger partial charge in [0.2, 0.25) is 0 Å². The maximum atomic E-state index is 13.0. The summed E-state index contributed by atoms with van der Waals surface area (Å²) in [5, 5.41) is 9.74. The molecule has 15 heavy (non-hydrogen) atoms. The molecule has 0 aliphatic rings. The lowest BCUT2D eigenvalue weighted by Crippen LogP contribution is -2.26. The lowest BCUT2D eigenvalue weighted by Gasteiger charge is -2.20. The van der Waals surface area contributed by atoms with Crippen LogP contribution in [0.3, 0.4) is 0 Å². The molecule has 0 aromatic heterocycles. The lowest BCUT2D eigenvalue weighted by molar-refractivity contribution is 0.134. The molecule has 84 valence electrons. The highest BCUT2D eigenvalue weighted by Gasteiger charge is 2.18. The third-order valence-corrected chi connectivity index (χ3v) is 2.60. The Hall–Kier alpha value is -0.930. The van der Waals surface area contributed by atoms with Crippen LogP contribution in [0.1, 0.15) is 36.9 Å². The Labute approximate surface area is 89.9 Å². The fraction of sp³-hybridized carbons (Fsp3) is 0.500. The third-order valence-electron chi connectivity index (χ3n) is 2.60. The van der Waals surface area contributed by atoms with Crippen LogP contribution >= 0.6 is 0 Å². The number of halogens is 1. The Morgan fingerprint density at radius 2 is 2.13 bits per heavy atom. The van der Waals surface area contributed by atoms with E-state index in [1.807, 2.05) is 13.8 Å². The van der Waals surface area contributed by atoms with Gasteiger partial charge in [-0.05, 0) is 36.6 Å². The van der Waals surface area contributed by atoms with E-state index in [-0.39, 0.29) is 5.82 Å². The number of aryl methyl sites for hydroxylation is 1. The standard InChI is InChI=1S/C12H18FNO/c1-3-4-11(15)12(14)10-7-9(13)6-5-8(10)2/h5-7,11-12,15H,3-4,14H2,1-2H3/t11-,12+/m1/s1. The van der Waals surface area contributed by atoms with Gasteiger partial charge in [-0.25, -0.2) is 4.39 Å². The molecule has 1 aromatic carbocycles. The maximum Gasteiger partial charge on any atom is 0.123 e. The van der Waals surface area contributed by atoms with Crippen molar-refractivity contribution < 1.29 is 9.50 Å². The third kappa shape index (κ3) is 3.01. The highest BCUT2D eigenvalue weighted by molar-refractivity contribution is 5.30. The van der Waals surface area contributed by atoms with E-state index in [2.05, 4.69) is 0 Å². The van der Waals surface area contributed by atoms with E-state index in [9.17, 15) is 9.50 Å². The average Bonchev–Trinajstić information content (AvgIpc) is 2.21. The van der Waals surface area contributed by atoms with Gasteiger partial charge in [0.25, 0.3) is 0 Å². The number of hydrogen-bond acceptors (Lipinski definition) is 2. The zero-order chi connectivity index (χ0) is 11.4. The fourth-order valence-electron chi connectivity index (χ4n) is 1.65. The number of hydrogen-bond donors (Lipinski definition) is 2. The Kier molecular flexibility index (Phi) is 4.24. The van der Waals surface area contributed by atoms with Gasteiger partial charge in [-0.3, -0.25) is 0 Å². The number of aliphatic hydroxyl groups excluding tert-OH is 1. The Morgan fingerprint density at radius 3 is 2.73 bits per heavy atom. The molecule has 1 rings (SSSR count). The van der Waals surface area contributed by atoms with Gasteiger partial charge in [0, 0.05) is 0 Å². The van der Waals surface area contributed by atoms with Crippen molar-refractivity contribution in [3.05, 3.63) is 35.1 Å². The SMILES string of the molecule is CCC[C@@H](O)[C@@H](N)c1cc(F)ccc1C. The first kappa shape index (κ1) is 12.1. The summed E-state index contributed by atoms with van der Waals surface area (Å²) in [6, 6.07) is 3.99. The Balaban J connectivity index is 2.89. The highest BCUT2D eigenvalue weighted by atomic mass is 19.1. The van der Waals surface area contributed by atoms with Gasteiger partial charge >= 0.3 is 0 Å². The van der Waals surface area contributed by atoms with Crippen LogP contribution in [0.4, 0.5) is 4.39 Å². The van der Waals surface area contributed by atoms with Crippen molar-refractivity contribution in [1.82, 2.24) is 0 Å². The first-order chi connectivity index (χ1) is 7.06. The van der Waals surface area contributed by atoms with Crippen molar-refractivity contribution in [2.45, 2.75) is 38.8 Å². The summed E-state index contributed by atoms with van der Waals surface area (Å²) in [5.41, 5.74) is 7.48. The summed E-state index contributed by atoms with van der Waals surface area (Å²) < 4.78 is 13.0. The van der Waals surface area contributed by atoms with E-state index < -0.39 is 12.1 Å². The fourth-order valence-corrected chi connectivity index (χ4v) is 1.65. The smallest absolute Gasteiger partial charge is 0.123 e. The van der Waals surface area contributed by atoms with E-state index in [1.54, 1.807) is 6.07 Å². The summed E-state index contributed by atoms with van der Waals surface area (Å²) in [6.45, 7) is 3.85. The molecule has 0 radical (unpaired) electrons. The average molecular weight is 211 g/mol. The van der Waals surface area contributed by atoms with Gasteiger partial charge in [-0.2, -0.15) is 0 Å². The molecule has 0 fully saturated rings. The number of nitrogens with two attached hydrogens (primary N) is 1. The van der Waals surface area contributed by atoms with E-state index in [4.69, 9.17) is 5.73 Å². The van der Waals surface area contributed by atoms with Crippen LogP contribution in [0.25, 0.3) is 0 Å². The topological polar surface area (TPSA) is 46.2 Å². The molecule has 3 N–H and O–H groups in total. The summed E-state index contributed by atoms with van der Waals surface area (Å²) in [4.78, 5) is 0. The second-order valence-electron chi connectivity index (χ2n) is 3.88. The molecule has 2 atom stereocenters. The molecule has 1 aromatic rings. The van der Waals surface area contributed by atoms with E-state index in [0.29, 0.717) is 12.0 Å². The second kappa shape index (κ2) is 5.24. The van der Waals surface area contributed by atoms with Crippen LogP contribution < -0.4 is 5.73 Å². The quantitative estimate of drug-likeness (QED) is 0.802. The van der Waals surface area contributed by atoms with Gasteiger partial charge in [-0.1, -0.05) is 19.4 Å². The molecule has 2 nitrogen and oxygen atoms in total. The zero-order valence-corrected chi connectivity index (χ0v) is 9.20. The van der Waals surface area contributed by atoms with Gasteiger partial charge in [0.15, 0.2) is 0 Å². The number of benzene rings is 1. The molecule has 0 amide bonds. The highest BCUT2D eigenvalue weighted by Crippen LogP contribution is 2.21. The van der Waals surface area contributed by atoms with Crippen LogP contribution in [-0.2, 0) is 0 Å². The molecule has 0 heterocycles. The van der Waals surface area contributed by atoms with E-state index in [0.717, 1.165) is 12.0 Å². The van der Waals surface area contributed by atoms with Crippen LogP contribution in [0.15, 0.2) is 18.2 Å². The Bertz CT molecular complexity index is 327. The van der Waals surface area contributed by atoms with Crippen molar-refractivity contribution in [2.24, 2.45) is 5.73 Å². The minimum atomic E-state index is -0.601. The maximum absolute atomic E-state index is 13.0. The number of rotatable bonds is 4. The molecular weight excluding hydrogens is 193 g/mol. The van der Waals surface area contributed by atoms with Gasteiger partial charge < -0.3 is 10.8 Å². The summed E-state index contributed by atoms with van der Waals surface area (Å²) in [6.07, 6.45) is 0.899. The van der Waals surface area contributed by atoms with Crippen molar-refractivity contribution in [3.8, 4) is 0 Å². The van der Waals surface area contributed by atoms with E-state index >= 15 is 0 Å². The Morgan fingerprint density at radius 1 is 1.47 bits per heavy atom. The van der Waals surface area contributed by atoms with Crippen LogP contribution in [0, 0.1) is 12.7 Å². The van der Waals surface area contributed by atoms with Gasteiger partial charge in [0.1, 0.15) is 5.82 Å². The minimum Gasteiger partial charge on any atom is -0.391 e. The minimum absolute atomic E-state index is 0.310. The van der Waals surface area contributed by atoms with Gasteiger partial charge in [-0.15, -0.1) is 0 Å². The molecular formula is C12H18FNO. The normalized spacial score (nSPS) is 15.0. The summed E-state index contributed by atoms with van der Waals surface area (Å²) in [7, 11) is 0. The predicted octanol–water partition coefficient (Wildman–Crippen LogP) is 2.29. The number of aliphatic hydroxyl groups is 1. The van der Waals surface area contributed by atoms with Crippen LogP contribution in [-0.4, -0.2) is 11.2 Å². The summed E-state index contributed by atoms with van der Waals surface area (Å²) in [5.74, 6) is -0.310. The zero-order valence-electron chi connectivity index (χ0n) is 9.20. The molecule has 0 aliphatic heterocycles. The molecule has 3 heteroatoms. The molecule has 0 saturated carbocycles. The first-order valence-corrected chi connectivity index (χ1v) is 5.26. The predicted molar refractivity (Wildman–Crippen MR) is 59.0 cm³/mol. The van der Waals surface area contributed by atoms with Gasteiger partial charge in [0.05, 0.1) is 12.1 Å². The van der Waals surface area contributed by atoms with Crippen LogP contribution in [0.2, 0.25) is 0 Å². The second-order valence-corrected chi connectivity index (χ2v) is 3.88. The molecule has 0 bridgehead atoms. The summed E-state index contributed by atoms with van der Waals surface area (Å²) >= 11 is 0. The van der Waals surface area contributed by atoms with E-state index in [1.165, 1.54) is 12.1 Å². The van der Waals surface area contributed by atoms with Crippen molar-refractivity contribution in [1.29, 1.82) is 0 Å². The molecule has 0 aliphatic carbocycles. The monoisotopic (exact) mass is 211 g/mol. The largest absolute Gasteiger partial charge is 0.391 e. The van der Waals surface area contributed by atoms with Crippen LogP contribution in [0.5, 0.6) is 0 Å².